The van der Waals surface area contributed by atoms with Crippen molar-refractivity contribution in [3.8, 4) is 16.9 Å². The van der Waals surface area contributed by atoms with E-state index in [1.165, 1.54) is 12.1 Å². The molecule has 0 spiro atoms. The Morgan fingerprint density at radius 2 is 1.77 bits per heavy atom. The number of nitrogens with zero attached hydrogens (tertiary/aromatic N) is 1. The number of benzene rings is 2. The molecule has 3 nitrogen and oxygen atoms in total. The predicted octanol–water partition coefficient (Wildman–Crippen LogP) is 5.14. The van der Waals surface area contributed by atoms with Crippen LogP contribution in [0.1, 0.15) is 28.9 Å². The van der Waals surface area contributed by atoms with Gasteiger partial charge in [0.15, 0.2) is 0 Å². The maximum atomic E-state index is 13.4. The molecule has 0 radical (unpaired) electrons. The van der Waals surface area contributed by atoms with Gasteiger partial charge in [-0.15, -0.1) is 0 Å². The Bertz CT molecular complexity index is 957. The van der Waals surface area contributed by atoms with Crippen LogP contribution in [0, 0.1) is 12.7 Å². The fraction of sp³-hybridized carbons (Fsp3) is 0.190. The van der Waals surface area contributed by atoms with Crippen LogP contribution in [0.5, 0.6) is 0 Å². The van der Waals surface area contributed by atoms with Crippen molar-refractivity contribution >= 4 is 17.5 Å². The number of carbonyl (C=O) groups is 1. The Morgan fingerprint density at radius 1 is 1.12 bits per heavy atom. The molecule has 1 aliphatic rings. The fourth-order valence-electron chi connectivity index (χ4n) is 3.08. The average molecular weight is 369 g/mol. The number of carbonyl (C=O) groups excluding carboxylic acids is 1. The molecule has 1 saturated carbocycles. The van der Waals surface area contributed by atoms with Gasteiger partial charge in [0.1, 0.15) is 5.82 Å². The van der Waals surface area contributed by atoms with E-state index >= 15 is 0 Å². The lowest BCUT2D eigenvalue weighted by Gasteiger charge is -2.12. The van der Waals surface area contributed by atoms with Crippen molar-refractivity contribution in [1.82, 2.24) is 9.88 Å². The minimum absolute atomic E-state index is 0.0684. The second-order valence-electron chi connectivity index (χ2n) is 6.60. The van der Waals surface area contributed by atoms with Crippen LogP contribution in [0.4, 0.5) is 4.39 Å². The molecule has 26 heavy (non-hydrogen) atoms. The molecular weight excluding hydrogens is 351 g/mol. The topological polar surface area (TPSA) is 34.0 Å². The van der Waals surface area contributed by atoms with Gasteiger partial charge in [-0.3, -0.25) is 4.79 Å². The summed E-state index contributed by atoms with van der Waals surface area (Å²) in [7, 11) is 0. The number of rotatable bonds is 4. The molecule has 2 aromatic carbocycles. The molecule has 132 valence electrons. The molecule has 1 amide bonds. The smallest absolute Gasteiger partial charge is 0.253 e. The van der Waals surface area contributed by atoms with Crippen molar-refractivity contribution in [3.63, 3.8) is 0 Å². The highest BCUT2D eigenvalue weighted by Gasteiger charge is 2.26. The van der Waals surface area contributed by atoms with E-state index in [0.29, 0.717) is 10.6 Å². The zero-order chi connectivity index (χ0) is 18.3. The van der Waals surface area contributed by atoms with E-state index in [2.05, 4.69) is 5.32 Å². The Kier molecular flexibility index (Phi) is 4.29. The molecule has 0 saturated heterocycles. The van der Waals surface area contributed by atoms with Crippen LogP contribution in [0.15, 0.2) is 54.6 Å². The second kappa shape index (κ2) is 6.61. The lowest BCUT2D eigenvalue weighted by molar-refractivity contribution is 0.0950. The first kappa shape index (κ1) is 16.9. The summed E-state index contributed by atoms with van der Waals surface area (Å²) in [4.78, 5) is 12.6. The lowest BCUT2D eigenvalue weighted by atomic mass is 10.1. The van der Waals surface area contributed by atoms with Crippen LogP contribution in [-0.2, 0) is 0 Å². The maximum absolute atomic E-state index is 13.4. The van der Waals surface area contributed by atoms with Gasteiger partial charge in [-0.05, 0) is 67.8 Å². The molecule has 1 aromatic heterocycles. The van der Waals surface area contributed by atoms with Crippen LogP contribution in [0.2, 0.25) is 5.02 Å². The minimum atomic E-state index is -0.293. The zero-order valence-corrected chi connectivity index (χ0v) is 15.1. The molecule has 0 unspecified atom stereocenters. The molecule has 0 aliphatic heterocycles. The summed E-state index contributed by atoms with van der Waals surface area (Å²) >= 11 is 6.01. The highest BCUT2D eigenvalue weighted by Crippen LogP contribution is 2.31. The van der Waals surface area contributed by atoms with E-state index in [4.69, 9.17) is 11.6 Å². The van der Waals surface area contributed by atoms with Crippen molar-refractivity contribution in [2.75, 3.05) is 0 Å². The van der Waals surface area contributed by atoms with Crippen molar-refractivity contribution in [3.05, 3.63) is 76.7 Å². The molecular formula is C21H18ClFN2O. The first-order chi connectivity index (χ1) is 12.5. The van der Waals surface area contributed by atoms with E-state index in [-0.39, 0.29) is 17.8 Å². The molecule has 0 atom stereocenters. The quantitative estimate of drug-likeness (QED) is 0.680. The minimum Gasteiger partial charge on any atom is -0.349 e. The molecule has 1 aliphatic carbocycles. The zero-order valence-electron chi connectivity index (χ0n) is 14.3. The van der Waals surface area contributed by atoms with Gasteiger partial charge in [0, 0.05) is 22.4 Å². The predicted molar refractivity (Wildman–Crippen MR) is 101 cm³/mol. The summed E-state index contributed by atoms with van der Waals surface area (Å²) < 4.78 is 15.3. The maximum Gasteiger partial charge on any atom is 0.253 e. The monoisotopic (exact) mass is 368 g/mol. The summed E-state index contributed by atoms with van der Waals surface area (Å²) in [5, 5.41) is 3.69. The standard InChI is InChI=1S/C21H18ClFN2O/c1-13-19(21(26)24-17-8-9-17)12-20(14-2-4-15(22)5-3-14)25(13)18-10-6-16(23)7-11-18/h2-7,10-12,17H,8-9H2,1H3,(H,24,26). The van der Waals surface area contributed by atoms with Gasteiger partial charge < -0.3 is 9.88 Å². The third-order valence-electron chi connectivity index (χ3n) is 4.63. The summed E-state index contributed by atoms with van der Waals surface area (Å²) in [6, 6.07) is 15.9. The number of halogens is 2. The van der Waals surface area contributed by atoms with E-state index in [9.17, 15) is 9.18 Å². The van der Waals surface area contributed by atoms with Gasteiger partial charge in [0.2, 0.25) is 0 Å². The SMILES string of the molecule is Cc1c(C(=O)NC2CC2)cc(-c2ccc(Cl)cc2)n1-c1ccc(F)cc1. The van der Waals surface area contributed by atoms with Crippen molar-refractivity contribution in [2.24, 2.45) is 0 Å². The third-order valence-corrected chi connectivity index (χ3v) is 4.88. The van der Waals surface area contributed by atoms with E-state index < -0.39 is 0 Å². The summed E-state index contributed by atoms with van der Waals surface area (Å²) in [5.74, 6) is -0.362. The van der Waals surface area contributed by atoms with Crippen molar-refractivity contribution in [1.29, 1.82) is 0 Å². The highest BCUT2D eigenvalue weighted by atomic mass is 35.5. The van der Waals surface area contributed by atoms with Gasteiger partial charge >= 0.3 is 0 Å². The average Bonchev–Trinajstić information content (AvgIpc) is 3.37. The van der Waals surface area contributed by atoms with Gasteiger partial charge in [-0.2, -0.15) is 0 Å². The number of nitrogens with one attached hydrogen (secondary N) is 1. The summed E-state index contributed by atoms with van der Waals surface area (Å²) in [6.07, 6.45) is 2.07. The second-order valence-corrected chi connectivity index (χ2v) is 7.03. The van der Waals surface area contributed by atoms with E-state index in [1.807, 2.05) is 41.8 Å². The molecule has 1 heterocycles. The molecule has 4 rings (SSSR count). The molecule has 1 fully saturated rings. The molecule has 3 aromatic rings. The lowest BCUT2D eigenvalue weighted by Crippen LogP contribution is -2.25. The Hall–Kier alpha value is -2.59. The normalized spacial score (nSPS) is 13.7. The summed E-state index contributed by atoms with van der Waals surface area (Å²) in [6.45, 7) is 1.91. The first-order valence-electron chi connectivity index (χ1n) is 8.58. The Balaban J connectivity index is 1.85. The number of amides is 1. The van der Waals surface area contributed by atoms with Gasteiger partial charge in [0.05, 0.1) is 11.3 Å². The third kappa shape index (κ3) is 3.25. The van der Waals surface area contributed by atoms with Crippen LogP contribution in [0.3, 0.4) is 0 Å². The van der Waals surface area contributed by atoms with Crippen LogP contribution >= 0.6 is 11.6 Å². The van der Waals surface area contributed by atoms with E-state index in [0.717, 1.165) is 35.5 Å². The molecule has 0 bridgehead atoms. The Morgan fingerprint density at radius 3 is 2.38 bits per heavy atom. The fourth-order valence-corrected chi connectivity index (χ4v) is 3.21. The number of hydrogen-bond acceptors (Lipinski definition) is 1. The van der Waals surface area contributed by atoms with E-state index in [1.54, 1.807) is 12.1 Å². The van der Waals surface area contributed by atoms with Crippen LogP contribution in [0.25, 0.3) is 16.9 Å². The Labute approximate surface area is 156 Å². The van der Waals surface area contributed by atoms with Gasteiger partial charge in [-0.1, -0.05) is 23.7 Å². The highest BCUT2D eigenvalue weighted by molar-refractivity contribution is 6.30. The summed E-state index contributed by atoms with van der Waals surface area (Å²) in [5.41, 5.74) is 4.06. The van der Waals surface area contributed by atoms with Gasteiger partial charge in [0.25, 0.3) is 5.91 Å². The largest absolute Gasteiger partial charge is 0.349 e. The molecule has 1 N–H and O–H groups in total. The van der Waals surface area contributed by atoms with Gasteiger partial charge in [-0.25, -0.2) is 4.39 Å². The first-order valence-corrected chi connectivity index (χ1v) is 8.96. The van der Waals surface area contributed by atoms with Crippen molar-refractivity contribution < 1.29 is 9.18 Å². The van der Waals surface area contributed by atoms with Crippen molar-refractivity contribution in [2.45, 2.75) is 25.8 Å². The number of aromatic nitrogens is 1. The number of hydrogen-bond donors (Lipinski definition) is 1. The molecule has 5 heteroatoms. The van der Waals surface area contributed by atoms with Crippen LogP contribution < -0.4 is 5.32 Å². The van der Waals surface area contributed by atoms with Crippen LogP contribution in [-0.4, -0.2) is 16.5 Å².